The first kappa shape index (κ1) is 43.9. The molecule has 1 unspecified atom stereocenters. The van der Waals surface area contributed by atoms with Crippen LogP contribution >= 0.6 is 7.75 Å². The molecule has 0 saturated carbocycles. The Kier molecular flexibility index (Phi) is 15.2. The van der Waals surface area contributed by atoms with Gasteiger partial charge < -0.3 is 29.2 Å². The molecule has 0 aliphatic carbocycles. The largest absolute Gasteiger partial charge is 0.464 e. The zero-order valence-electron chi connectivity index (χ0n) is 31.3. The molecular weight excluding hydrogens is 766 g/mol. The van der Waals surface area contributed by atoms with Crippen LogP contribution in [0.15, 0.2) is 48.8 Å². The molecule has 4 rings (SSSR count). The van der Waals surface area contributed by atoms with E-state index < -0.39 is 68.8 Å². The van der Waals surface area contributed by atoms with Crippen LogP contribution in [0.2, 0.25) is 0 Å². The van der Waals surface area contributed by atoms with Crippen LogP contribution in [0.1, 0.15) is 58.3 Å². The number of nitriles is 1. The van der Waals surface area contributed by atoms with Crippen molar-refractivity contribution in [1.29, 1.82) is 5.26 Å². The first-order valence-electron chi connectivity index (χ1n) is 17.7. The molecule has 5 atom stereocenters. The number of esters is 3. The van der Waals surface area contributed by atoms with E-state index in [1.807, 2.05) is 6.07 Å². The predicted molar refractivity (Wildman–Crippen MR) is 191 cm³/mol. The second kappa shape index (κ2) is 19.4. The quantitative estimate of drug-likeness (QED) is 0.0965. The van der Waals surface area contributed by atoms with Crippen LogP contribution in [0.3, 0.4) is 0 Å². The third-order valence-electron chi connectivity index (χ3n) is 8.88. The number of likely N-dealkylation sites (tertiary alicyclic amines) is 1. The number of nitrogens with one attached hydrogen (secondary N) is 1. The van der Waals surface area contributed by atoms with Crippen LogP contribution in [0.25, 0.3) is 5.52 Å². The number of rotatable bonds is 19. The van der Waals surface area contributed by atoms with Gasteiger partial charge in [0.1, 0.15) is 36.3 Å². The molecule has 306 valence electrons. The number of alkyl halides is 3. The van der Waals surface area contributed by atoms with Gasteiger partial charge in [0, 0.05) is 20.0 Å². The molecule has 2 aromatic heterocycles. The summed E-state index contributed by atoms with van der Waals surface area (Å²) in [5, 5.41) is 17.4. The third-order valence-corrected chi connectivity index (χ3v) is 10.5. The zero-order valence-corrected chi connectivity index (χ0v) is 32.2. The van der Waals surface area contributed by atoms with E-state index in [2.05, 4.69) is 15.2 Å². The molecule has 3 heterocycles. The topological polar surface area (TPSA) is 219 Å². The molecule has 1 aromatic carbocycles. The number of carbonyl (C=O) groups is 3. The standard InChI is InChI=1S/C35H45F3N7O10P/c1-5-28(46)53-30(26-12-13-27-32(40)41-22-42-45(26)27)31(54-29(47)6-2)34(19-39,50-4)21-52-56(49,55-25-10-8-7-9-11-25)43-23(3)33(48)51-18-24-14-16-44(17-15-24)20-35(36,37)38/h7-13,22-24,30-31H,5-6,14-18,20-21H2,1-4H3,(H,43,49)(H2,40,41,42)/t23-,30-,31-,34+,56?/m0/s1. The number of fused-ring (bicyclic) bond motifs is 1. The van der Waals surface area contributed by atoms with E-state index in [9.17, 15) is 37.4 Å². The summed E-state index contributed by atoms with van der Waals surface area (Å²) in [4.78, 5) is 44.2. The van der Waals surface area contributed by atoms with Gasteiger partial charge >= 0.3 is 31.8 Å². The first-order chi connectivity index (χ1) is 26.6. The minimum absolute atomic E-state index is 0.0372. The number of anilines is 1. The van der Waals surface area contributed by atoms with Gasteiger partial charge in [-0.1, -0.05) is 32.0 Å². The highest BCUT2D eigenvalue weighted by Crippen LogP contribution is 2.47. The Hall–Kier alpha value is -4.80. The molecule has 1 aliphatic heterocycles. The van der Waals surface area contributed by atoms with E-state index in [4.69, 9.17) is 33.7 Å². The van der Waals surface area contributed by atoms with Gasteiger partial charge in [-0.05, 0) is 63.0 Å². The number of para-hydroxylation sites is 1. The number of hydrogen-bond acceptors (Lipinski definition) is 15. The van der Waals surface area contributed by atoms with E-state index in [1.54, 1.807) is 18.2 Å². The molecule has 17 nitrogen and oxygen atoms in total. The maximum Gasteiger partial charge on any atom is 0.459 e. The molecule has 3 N–H and O–H groups in total. The van der Waals surface area contributed by atoms with Crippen LogP contribution in [0, 0.1) is 17.2 Å². The molecule has 21 heteroatoms. The Morgan fingerprint density at radius 2 is 1.73 bits per heavy atom. The number of halogens is 3. The van der Waals surface area contributed by atoms with E-state index in [1.165, 1.54) is 54.5 Å². The van der Waals surface area contributed by atoms with Crippen molar-refractivity contribution < 1.29 is 60.1 Å². The third kappa shape index (κ3) is 11.6. The smallest absolute Gasteiger partial charge is 0.459 e. The maximum absolute atomic E-state index is 14.5. The number of ether oxygens (including phenoxy) is 4. The van der Waals surface area contributed by atoms with Gasteiger partial charge in [-0.3, -0.25) is 23.8 Å². The lowest BCUT2D eigenvalue weighted by Gasteiger charge is -2.37. The Morgan fingerprint density at radius 3 is 2.34 bits per heavy atom. The highest BCUT2D eigenvalue weighted by atomic mass is 31.2. The van der Waals surface area contributed by atoms with Crippen molar-refractivity contribution in [3.05, 3.63) is 54.5 Å². The van der Waals surface area contributed by atoms with Gasteiger partial charge in [-0.2, -0.15) is 28.6 Å². The average molecular weight is 812 g/mol. The van der Waals surface area contributed by atoms with Crippen LogP contribution in [-0.4, -0.2) is 101 Å². The number of aromatic nitrogens is 3. The number of nitrogens with zero attached hydrogens (tertiary/aromatic N) is 5. The predicted octanol–water partition coefficient (Wildman–Crippen LogP) is 4.54. The lowest BCUT2D eigenvalue weighted by atomic mass is 9.92. The number of benzene rings is 1. The van der Waals surface area contributed by atoms with Crippen molar-refractivity contribution in [2.45, 2.75) is 76.5 Å². The van der Waals surface area contributed by atoms with E-state index in [-0.39, 0.29) is 55.7 Å². The molecule has 1 fully saturated rings. The van der Waals surface area contributed by atoms with Crippen LogP contribution < -0.4 is 15.3 Å². The van der Waals surface area contributed by atoms with Crippen molar-refractivity contribution in [2.75, 3.05) is 45.7 Å². The summed E-state index contributed by atoms with van der Waals surface area (Å²) in [6, 6.07) is 11.3. The summed E-state index contributed by atoms with van der Waals surface area (Å²) < 4.78 is 88.5. The van der Waals surface area contributed by atoms with Crippen molar-refractivity contribution in [3.63, 3.8) is 0 Å². The lowest BCUT2D eigenvalue weighted by molar-refractivity contribution is -0.193. The SMILES string of the molecule is CCC(=O)O[C@@H](c1ccc2c(N)ncnn12)[C@H](OC(=O)CC)[C@@](C#N)(COP(=O)(N[C@@H](C)C(=O)OCC1CCN(CC(F)(F)F)CC1)Oc1ccccc1)OC. The van der Waals surface area contributed by atoms with Crippen molar-refractivity contribution in [3.8, 4) is 11.8 Å². The minimum atomic E-state index is -4.69. The number of hydrogen-bond donors (Lipinski definition) is 2. The van der Waals surface area contributed by atoms with Crippen molar-refractivity contribution >= 4 is 37.0 Å². The van der Waals surface area contributed by atoms with Gasteiger partial charge in [0.05, 0.1) is 18.8 Å². The zero-order chi connectivity index (χ0) is 41.1. The summed E-state index contributed by atoms with van der Waals surface area (Å²) in [5.41, 5.74) is 4.05. The molecule has 56 heavy (non-hydrogen) atoms. The highest BCUT2D eigenvalue weighted by molar-refractivity contribution is 7.52. The summed E-state index contributed by atoms with van der Waals surface area (Å²) in [7, 11) is -3.60. The second-order valence-electron chi connectivity index (χ2n) is 12.9. The van der Waals surface area contributed by atoms with Gasteiger partial charge in [0.25, 0.3) is 0 Å². The fraction of sp³-hybridized carbons (Fsp3) is 0.543. The average Bonchev–Trinajstić information content (AvgIpc) is 3.61. The summed E-state index contributed by atoms with van der Waals surface area (Å²) in [6.45, 7) is 2.63. The number of nitrogen functional groups attached to an aromatic ring is 1. The molecule has 3 aromatic rings. The fourth-order valence-electron chi connectivity index (χ4n) is 5.79. The molecular formula is C35H45F3N7O10P. The Bertz CT molecular complexity index is 1890. The van der Waals surface area contributed by atoms with Crippen molar-refractivity contribution in [1.82, 2.24) is 24.6 Å². The number of nitrogens with two attached hydrogens (primary N) is 1. The maximum atomic E-state index is 14.5. The normalized spacial score (nSPS) is 17.8. The Morgan fingerprint density at radius 1 is 1.07 bits per heavy atom. The monoisotopic (exact) mass is 811 g/mol. The van der Waals surface area contributed by atoms with Crippen LogP contribution in [0.5, 0.6) is 5.75 Å². The van der Waals surface area contributed by atoms with E-state index in [0.29, 0.717) is 18.4 Å². The number of methoxy groups -OCH3 is 1. The summed E-state index contributed by atoms with van der Waals surface area (Å²) >= 11 is 0. The lowest BCUT2D eigenvalue weighted by Crippen LogP contribution is -2.53. The molecule has 0 radical (unpaired) electrons. The van der Waals surface area contributed by atoms with E-state index >= 15 is 0 Å². The number of piperidine rings is 1. The Balaban J connectivity index is 1.61. The summed E-state index contributed by atoms with van der Waals surface area (Å²) in [6.07, 6.45) is -6.12. The second-order valence-corrected chi connectivity index (χ2v) is 14.6. The molecule has 1 aliphatic rings. The minimum Gasteiger partial charge on any atom is -0.464 e. The van der Waals surface area contributed by atoms with Gasteiger partial charge in [-0.15, -0.1) is 0 Å². The Labute approximate surface area is 321 Å². The van der Waals surface area contributed by atoms with E-state index in [0.717, 1.165) is 13.4 Å². The first-order valence-corrected chi connectivity index (χ1v) is 19.3. The van der Waals surface area contributed by atoms with Crippen LogP contribution in [-0.2, 0) is 42.4 Å². The van der Waals surface area contributed by atoms with Crippen LogP contribution in [0.4, 0.5) is 19.0 Å². The number of carbonyl (C=O) groups excluding carboxylic acids is 3. The van der Waals surface area contributed by atoms with Gasteiger partial charge in [0.2, 0.25) is 5.60 Å². The molecule has 0 bridgehead atoms. The van der Waals surface area contributed by atoms with Gasteiger partial charge in [0.15, 0.2) is 18.0 Å². The highest BCUT2D eigenvalue weighted by Gasteiger charge is 2.52. The van der Waals surface area contributed by atoms with Crippen molar-refractivity contribution in [2.24, 2.45) is 5.92 Å². The van der Waals surface area contributed by atoms with Gasteiger partial charge in [-0.25, -0.2) is 14.1 Å². The molecule has 0 amide bonds. The fourth-order valence-corrected chi connectivity index (χ4v) is 7.31. The summed E-state index contributed by atoms with van der Waals surface area (Å²) in [5.74, 6) is -2.55. The molecule has 0 spiro atoms. The molecule has 1 saturated heterocycles.